The Bertz CT molecular complexity index is 776. The average Bonchev–Trinajstić information content (AvgIpc) is 3.57. The molecule has 2 aliphatic heterocycles. The average molecular weight is 475 g/mol. The molecule has 3 aliphatic rings. The summed E-state index contributed by atoms with van der Waals surface area (Å²) in [6.45, 7) is 3.67. The van der Waals surface area contributed by atoms with Crippen LogP contribution in [0.3, 0.4) is 0 Å². The molecule has 1 unspecified atom stereocenters. The maximum Gasteiger partial charge on any atom is 0.220 e. The maximum atomic E-state index is 12.8. The van der Waals surface area contributed by atoms with Crippen LogP contribution in [0, 0.1) is 5.92 Å². The molecule has 4 rings (SSSR count). The summed E-state index contributed by atoms with van der Waals surface area (Å²) >= 11 is 0. The van der Waals surface area contributed by atoms with Crippen molar-refractivity contribution in [2.75, 3.05) is 32.8 Å². The molecule has 0 spiro atoms. The standard InChI is InChI=1S/C27H42N2O5/c30-23(20-8-4-5-9-20)10-2-1-3-11-26(31)28-22(19-29-14-6-7-15-29)27(32)21-12-13-24-25(18-21)34-17-16-33-24/h12-13,18,20,22-23,27,30,32H,1-11,14-17,19H2,(H,28,31)/t22-,23?,27-/m1/s1. The normalized spacial score (nSPS) is 21.4. The topological polar surface area (TPSA) is 91.3 Å². The molecule has 7 heteroatoms. The van der Waals surface area contributed by atoms with Crippen molar-refractivity contribution in [3.05, 3.63) is 23.8 Å². The van der Waals surface area contributed by atoms with Crippen molar-refractivity contribution >= 4 is 5.91 Å². The molecule has 1 aliphatic carbocycles. The summed E-state index contributed by atoms with van der Waals surface area (Å²) in [7, 11) is 0. The number of unbranched alkanes of at least 4 members (excludes halogenated alkanes) is 2. The lowest BCUT2D eigenvalue weighted by Crippen LogP contribution is -2.46. The van der Waals surface area contributed by atoms with Gasteiger partial charge in [-0.1, -0.05) is 31.7 Å². The largest absolute Gasteiger partial charge is 0.486 e. The number of carbonyl (C=O) groups excluding carboxylic acids is 1. The fourth-order valence-electron chi connectivity index (χ4n) is 5.62. The van der Waals surface area contributed by atoms with Gasteiger partial charge in [0.1, 0.15) is 19.3 Å². The number of carbonyl (C=O) groups is 1. The van der Waals surface area contributed by atoms with E-state index in [2.05, 4.69) is 10.2 Å². The Hall–Kier alpha value is -1.83. The lowest BCUT2D eigenvalue weighted by molar-refractivity contribution is -0.123. The third-order valence-corrected chi connectivity index (χ3v) is 7.64. The molecular formula is C27H42N2O5. The number of likely N-dealkylation sites (tertiary alicyclic amines) is 1. The van der Waals surface area contributed by atoms with Gasteiger partial charge in [0.2, 0.25) is 5.91 Å². The minimum absolute atomic E-state index is 0.0165. The molecule has 1 saturated carbocycles. The highest BCUT2D eigenvalue weighted by Gasteiger charge is 2.28. The molecule has 0 bridgehead atoms. The number of amides is 1. The van der Waals surface area contributed by atoms with Crippen LogP contribution in [0.25, 0.3) is 0 Å². The molecule has 1 aromatic carbocycles. The highest BCUT2D eigenvalue weighted by molar-refractivity contribution is 5.76. The van der Waals surface area contributed by atoms with Gasteiger partial charge in [0.15, 0.2) is 11.5 Å². The lowest BCUT2D eigenvalue weighted by atomic mass is 9.96. The van der Waals surface area contributed by atoms with Gasteiger partial charge < -0.3 is 29.9 Å². The van der Waals surface area contributed by atoms with Crippen LogP contribution < -0.4 is 14.8 Å². The molecule has 34 heavy (non-hydrogen) atoms. The van der Waals surface area contributed by atoms with Crippen molar-refractivity contribution in [1.29, 1.82) is 0 Å². The zero-order valence-corrected chi connectivity index (χ0v) is 20.4. The molecule has 7 nitrogen and oxygen atoms in total. The first-order valence-corrected chi connectivity index (χ1v) is 13.4. The SMILES string of the molecule is O=C(CCCCCC(O)C1CCCC1)N[C@H](CN1CCCC1)[C@H](O)c1ccc2c(c1)OCCO2. The lowest BCUT2D eigenvalue weighted by Gasteiger charge is -2.29. The smallest absolute Gasteiger partial charge is 0.220 e. The molecule has 1 aromatic rings. The fraction of sp³-hybridized carbons (Fsp3) is 0.741. The fourth-order valence-corrected chi connectivity index (χ4v) is 5.62. The van der Waals surface area contributed by atoms with Crippen LogP contribution in [0.2, 0.25) is 0 Å². The summed E-state index contributed by atoms with van der Waals surface area (Å²) in [6.07, 6.45) is 10.1. The van der Waals surface area contributed by atoms with Crippen molar-refractivity contribution in [3.63, 3.8) is 0 Å². The van der Waals surface area contributed by atoms with E-state index in [1.165, 1.54) is 12.8 Å². The molecule has 0 aromatic heterocycles. The van der Waals surface area contributed by atoms with E-state index in [4.69, 9.17) is 9.47 Å². The number of ether oxygens (including phenoxy) is 2. The van der Waals surface area contributed by atoms with Crippen LogP contribution in [-0.4, -0.2) is 66.0 Å². The molecule has 2 fully saturated rings. The van der Waals surface area contributed by atoms with E-state index in [9.17, 15) is 15.0 Å². The third-order valence-electron chi connectivity index (χ3n) is 7.64. The van der Waals surface area contributed by atoms with Crippen molar-refractivity contribution in [2.45, 2.75) is 88.9 Å². The highest BCUT2D eigenvalue weighted by Crippen LogP contribution is 2.34. The van der Waals surface area contributed by atoms with E-state index in [1.807, 2.05) is 18.2 Å². The van der Waals surface area contributed by atoms with Crippen molar-refractivity contribution in [2.24, 2.45) is 5.92 Å². The van der Waals surface area contributed by atoms with Crippen LogP contribution in [0.4, 0.5) is 0 Å². The molecule has 0 radical (unpaired) electrons. The minimum Gasteiger partial charge on any atom is -0.486 e. The highest BCUT2D eigenvalue weighted by atomic mass is 16.6. The van der Waals surface area contributed by atoms with Gasteiger partial charge in [-0.15, -0.1) is 0 Å². The number of hydrogen-bond acceptors (Lipinski definition) is 6. The number of nitrogens with one attached hydrogen (secondary N) is 1. The van der Waals surface area contributed by atoms with Crippen molar-refractivity contribution in [1.82, 2.24) is 10.2 Å². The van der Waals surface area contributed by atoms with Crippen LogP contribution in [0.5, 0.6) is 11.5 Å². The third kappa shape index (κ3) is 7.09. The maximum absolute atomic E-state index is 12.8. The Balaban J connectivity index is 1.26. The van der Waals surface area contributed by atoms with Crippen molar-refractivity contribution in [3.8, 4) is 11.5 Å². The number of nitrogens with zero attached hydrogens (tertiary/aromatic N) is 1. The molecule has 2 heterocycles. The van der Waals surface area contributed by atoms with E-state index in [0.717, 1.165) is 70.0 Å². The number of fused-ring (bicyclic) bond motifs is 1. The second-order valence-corrected chi connectivity index (χ2v) is 10.2. The second kappa shape index (κ2) is 12.8. The van der Waals surface area contributed by atoms with E-state index in [-0.39, 0.29) is 18.1 Å². The van der Waals surface area contributed by atoms with E-state index >= 15 is 0 Å². The van der Waals surface area contributed by atoms with E-state index in [0.29, 0.717) is 43.6 Å². The number of aliphatic hydroxyl groups is 2. The summed E-state index contributed by atoms with van der Waals surface area (Å²) in [4.78, 5) is 15.1. The number of hydrogen-bond donors (Lipinski definition) is 3. The predicted octanol–water partition coefficient (Wildman–Crippen LogP) is 3.57. The van der Waals surface area contributed by atoms with E-state index < -0.39 is 6.10 Å². The van der Waals surface area contributed by atoms with Crippen LogP contribution >= 0.6 is 0 Å². The minimum atomic E-state index is -0.818. The van der Waals surface area contributed by atoms with Crippen LogP contribution in [-0.2, 0) is 4.79 Å². The van der Waals surface area contributed by atoms with Gasteiger partial charge in [0.25, 0.3) is 0 Å². The Morgan fingerprint density at radius 3 is 2.50 bits per heavy atom. The van der Waals surface area contributed by atoms with Crippen LogP contribution in [0.1, 0.15) is 82.3 Å². The Kier molecular flexibility index (Phi) is 9.48. The first-order valence-electron chi connectivity index (χ1n) is 13.4. The number of rotatable bonds is 12. The second-order valence-electron chi connectivity index (χ2n) is 10.2. The summed E-state index contributed by atoms with van der Waals surface area (Å²) in [5.74, 6) is 1.81. The number of aliphatic hydroxyl groups excluding tert-OH is 2. The summed E-state index contributed by atoms with van der Waals surface area (Å²) < 4.78 is 11.3. The Morgan fingerprint density at radius 2 is 1.74 bits per heavy atom. The van der Waals surface area contributed by atoms with Gasteiger partial charge in [-0.3, -0.25) is 4.79 Å². The monoisotopic (exact) mass is 474 g/mol. The molecular weight excluding hydrogens is 432 g/mol. The summed E-state index contributed by atoms with van der Waals surface area (Å²) in [5.41, 5.74) is 0.731. The Morgan fingerprint density at radius 1 is 1.00 bits per heavy atom. The van der Waals surface area contributed by atoms with Crippen molar-refractivity contribution < 1.29 is 24.5 Å². The van der Waals surface area contributed by atoms with Gasteiger partial charge in [0.05, 0.1) is 12.1 Å². The van der Waals surface area contributed by atoms with E-state index in [1.54, 1.807) is 0 Å². The number of benzene rings is 1. The molecule has 3 N–H and O–H groups in total. The van der Waals surface area contributed by atoms with Gasteiger partial charge in [-0.2, -0.15) is 0 Å². The van der Waals surface area contributed by atoms with Gasteiger partial charge in [-0.05, 0) is 75.2 Å². The zero-order chi connectivity index (χ0) is 23.8. The quantitative estimate of drug-likeness (QED) is 0.401. The van der Waals surface area contributed by atoms with Gasteiger partial charge in [0, 0.05) is 13.0 Å². The van der Waals surface area contributed by atoms with Gasteiger partial charge in [-0.25, -0.2) is 0 Å². The zero-order valence-electron chi connectivity index (χ0n) is 20.4. The summed E-state index contributed by atoms with van der Waals surface area (Å²) in [5, 5.41) is 24.6. The molecule has 1 saturated heterocycles. The van der Waals surface area contributed by atoms with Gasteiger partial charge >= 0.3 is 0 Å². The predicted molar refractivity (Wildman–Crippen MR) is 131 cm³/mol. The summed E-state index contributed by atoms with van der Waals surface area (Å²) in [6, 6.07) is 5.15. The molecule has 190 valence electrons. The molecule has 3 atom stereocenters. The molecule has 1 amide bonds. The first kappa shape index (κ1) is 25.3. The van der Waals surface area contributed by atoms with Crippen LogP contribution in [0.15, 0.2) is 18.2 Å². The Labute approximate surface area is 203 Å². The first-order chi connectivity index (χ1) is 16.6.